The predicted molar refractivity (Wildman–Crippen MR) is 114 cm³/mol. The molecule has 8 atom stereocenters. The van der Waals surface area contributed by atoms with Gasteiger partial charge >= 0.3 is 0 Å². The minimum absolute atomic E-state index is 0.379. The molecular formula is C26H44O. The van der Waals surface area contributed by atoms with Crippen LogP contribution in [0.15, 0.2) is 0 Å². The first kappa shape index (κ1) is 20.0. The molecule has 4 aliphatic carbocycles. The molecule has 0 amide bonds. The first-order valence-corrected chi connectivity index (χ1v) is 12.2. The van der Waals surface area contributed by atoms with Crippen LogP contribution in [0.25, 0.3) is 0 Å². The summed E-state index contributed by atoms with van der Waals surface area (Å²) < 4.78 is 0. The van der Waals surface area contributed by atoms with Crippen LogP contribution < -0.4 is 0 Å². The van der Waals surface area contributed by atoms with Gasteiger partial charge in [0, 0.05) is 6.42 Å². The van der Waals surface area contributed by atoms with E-state index in [-0.39, 0.29) is 0 Å². The lowest BCUT2D eigenvalue weighted by Gasteiger charge is -2.67. The van der Waals surface area contributed by atoms with Gasteiger partial charge in [-0.15, -0.1) is 0 Å². The van der Waals surface area contributed by atoms with Crippen molar-refractivity contribution in [2.75, 3.05) is 0 Å². The van der Waals surface area contributed by atoms with Gasteiger partial charge in [0.05, 0.1) is 0 Å². The van der Waals surface area contributed by atoms with Crippen molar-refractivity contribution in [3.05, 3.63) is 0 Å². The highest BCUT2D eigenvalue weighted by molar-refractivity contribution is 5.75. The van der Waals surface area contributed by atoms with Crippen LogP contribution in [0.4, 0.5) is 0 Å². The van der Waals surface area contributed by atoms with E-state index in [1.165, 1.54) is 64.2 Å². The Labute approximate surface area is 168 Å². The molecule has 0 aromatic carbocycles. The van der Waals surface area contributed by atoms with Gasteiger partial charge in [0.25, 0.3) is 0 Å². The van der Waals surface area contributed by atoms with E-state index in [0.717, 1.165) is 42.4 Å². The summed E-state index contributed by atoms with van der Waals surface area (Å²) in [6.45, 7) is 12.4. The average molecular weight is 373 g/mol. The summed E-state index contributed by atoms with van der Waals surface area (Å²) in [5.74, 6) is 5.07. The van der Waals surface area contributed by atoms with E-state index in [1.807, 2.05) is 0 Å². The van der Waals surface area contributed by atoms with Crippen molar-refractivity contribution < 1.29 is 4.79 Å². The Hall–Kier alpha value is -0.330. The molecule has 0 aliphatic heterocycles. The number of ketones is 1. The van der Waals surface area contributed by atoms with Crippen molar-refractivity contribution in [2.45, 2.75) is 112 Å². The van der Waals surface area contributed by atoms with E-state index in [9.17, 15) is 4.79 Å². The Morgan fingerprint density at radius 2 is 1.63 bits per heavy atom. The predicted octanol–water partition coefficient (Wildman–Crippen LogP) is 7.43. The lowest BCUT2D eigenvalue weighted by Crippen LogP contribution is -2.59. The van der Waals surface area contributed by atoms with Gasteiger partial charge < -0.3 is 4.79 Å². The molecule has 1 heteroatoms. The molecule has 6 unspecified atom stereocenters. The highest BCUT2D eigenvalue weighted by Gasteiger charge is 2.64. The van der Waals surface area contributed by atoms with E-state index < -0.39 is 0 Å². The quantitative estimate of drug-likeness (QED) is 0.501. The van der Waals surface area contributed by atoms with Gasteiger partial charge in [-0.2, -0.15) is 0 Å². The van der Waals surface area contributed by atoms with Gasteiger partial charge in [0.15, 0.2) is 0 Å². The third kappa shape index (κ3) is 2.88. The van der Waals surface area contributed by atoms with Crippen LogP contribution in [0.5, 0.6) is 0 Å². The summed E-state index contributed by atoms with van der Waals surface area (Å²) in [5.41, 5.74) is 1.73. The van der Waals surface area contributed by atoms with Crippen LogP contribution in [-0.4, -0.2) is 5.78 Å². The molecule has 0 radical (unpaired) electrons. The molecule has 27 heavy (non-hydrogen) atoms. The topological polar surface area (TPSA) is 17.1 Å². The van der Waals surface area contributed by atoms with Crippen LogP contribution in [0.1, 0.15) is 112 Å². The molecule has 0 aromatic rings. The van der Waals surface area contributed by atoms with Crippen molar-refractivity contribution in [1.29, 1.82) is 0 Å². The van der Waals surface area contributed by atoms with Gasteiger partial charge in [-0.3, -0.25) is 0 Å². The maximum absolute atomic E-state index is 11.4. The van der Waals surface area contributed by atoms with Crippen LogP contribution in [0.2, 0.25) is 0 Å². The summed E-state index contributed by atoms with van der Waals surface area (Å²) in [4.78, 5) is 11.4. The zero-order chi connectivity index (χ0) is 19.4. The lowest BCUT2D eigenvalue weighted by molar-refractivity contribution is -0.178. The monoisotopic (exact) mass is 372 g/mol. The second-order valence-corrected chi connectivity index (χ2v) is 12.0. The third-order valence-electron chi connectivity index (χ3n) is 11.2. The van der Waals surface area contributed by atoms with E-state index in [2.05, 4.69) is 27.7 Å². The van der Waals surface area contributed by atoms with Gasteiger partial charge in [0.1, 0.15) is 5.78 Å². The van der Waals surface area contributed by atoms with Crippen molar-refractivity contribution in [3.8, 4) is 0 Å². The van der Waals surface area contributed by atoms with Crippen LogP contribution in [0.3, 0.4) is 0 Å². The molecule has 0 spiro atoms. The summed E-state index contributed by atoms with van der Waals surface area (Å²) in [6, 6.07) is 0. The van der Waals surface area contributed by atoms with Crippen LogP contribution in [-0.2, 0) is 4.79 Å². The van der Waals surface area contributed by atoms with E-state index in [4.69, 9.17) is 0 Å². The number of carbonyl (C=O) groups is 1. The second-order valence-electron chi connectivity index (χ2n) is 12.0. The molecule has 4 saturated carbocycles. The maximum Gasteiger partial charge on any atom is 0.129 e. The Morgan fingerprint density at radius 1 is 0.926 bits per heavy atom. The molecular weight excluding hydrogens is 328 g/mol. The normalized spacial score (nSPS) is 52.0. The standard InChI is InChI=1S/C26H44O/c1-18-17-21-22-12-11-20(10-8-9-19(2)27)24(22,3)16-13-23(21)26(5)15-7-6-14-25(18,26)4/h18,20-23H,6-17H2,1-5H3/t18-,20?,21?,22?,23-,24?,25?,26?/m0/s1. The van der Waals surface area contributed by atoms with Gasteiger partial charge in [-0.1, -0.05) is 40.5 Å². The summed E-state index contributed by atoms with van der Waals surface area (Å²) in [6.07, 6.45) is 16.5. The Bertz CT molecular complexity index is 581. The lowest BCUT2D eigenvalue weighted by atomic mass is 9.38. The van der Waals surface area contributed by atoms with E-state index >= 15 is 0 Å². The molecule has 1 nitrogen and oxygen atoms in total. The molecule has 0 saturated heterocycles. The number of rotatable bonds is 4. The van der Waals surface area contributed by atoms with Crippen LogP contribution >= 0.6 is 0 Å². The van der Waals surface area contributed by atoms with Gasteiger partial charge in [0.2, 0.25) is 0 Å². The zero-order valence-corrected chi connectivity index (χ0v) is 18.8. The van der Waals surface area contributed by atoms with Crippen molar-refractivity contribution in [1.82, 2.24) is 0 Å². The first-order valence-electron chi connectivity index (χ1n) is 12.2. The SMILES string of the molecule is CC(=O)CCCC1CCC2C3C[C@H](C)C4(C)CCCCC4(C)[C@H]3CCC12C. The van der Waals surface area contributed by atoms with E-state index in [0.29, 0.717) is 22.0 Å². The minimum Gasteiger partial charge on any atom is -0.300 e. The second kappa shape index (κ2) is 6.88. The van der Waals surface area contributed by atoms with Gasteiger partial charge in [-0.25, -0.2) is 0 Å². The average Bonchev–Trinajstić information content (AvgIpc) is 2.94. The molecule has 0 heterocycles. The third-order valence-corrected chi connectivity index (χ3v) is 11.2. The molecule has 154 valence electrons. The number of hydrogen-bond donors (Lipinski definition) is 0. The summed E-state index contributed by atoms with van der Waals surface area (Å²) in [7, 11) is 0. The fourth-order valence-electron chi connectivity index (χ4n) is 9.23. The Morgan fingerprint density at radius 3 is 2.33 bits per heavy atom. The molecule has 0 N–H and O–H groups in total. The number of carbonyl (C=O) groups excluding carboxylic acids is 1. The molecule has 0 aromatic heterocycles. The summed E-state index contributed by atoms with van der Waals surface area (Å²) >= 11 is 0. The van der Waals surface area contributed by atoms with Crippen molar-refractivity contribution in [2.24, 2.45) is 45.8 Å². The molecule has 4 rings (SSSR count). The maximum atomic E-state index is 11.4. The number of fused-ring (bicyclic) bond motifs is 5. The highest BCUT2D eigenvalue weighted by atomic mass is 16.1. The smallest absolute Gasteiger partial charge is 0.129 e. The minimum atomic E-state index is 0.379. The molecule has 4 aliphatic rings. The summed E-state index contributed by atoms with van der Waals surface area (Å²) in [5, 5.41) is 0. The first-order chi connectivity index (χ1) is 12.7. The molecule has 4 fully saturated rings. The van der Waals surface area contributed by atoms with Crippen molar-refractivity contribution >= 4 is 5.78 Å². The van der Waals surface area contributed by atoms with Crippen molar-refractivity contribution in [3.63, 3.8) is 0 Å². The highest BCUT2D eigenvalue weighted by Crippen LogP contribution is 2.72. The Balaban J connectivity index is 1.55. The fourth-order valence-corrected chi connectivity index (χ4v) is 9.23. The van der Waals surface area contributed by atoms with Crippen LogP contribution in [0, 0.1) is 45.8 Å². The zero-order valence-electron chi connectivity index (χ0n) is 18.8. The number of hydrogen-bond acceptors (Lipinski definition) is 1. The Kier molecular flexibility index (Phi) is 5.08. The molecule has 0 bridgehead atoms. The van der Waals surface area contributed by atoms with E-state index in [1.54, 1.807) is 6.92 Å². The largest absolute Gasteiger partial charge is 0.300 e. The van der Waals surface area contributed by atoms with Gasteiger partial charge in [-0.05, 0) is 111 Å². The fraction of sp³-hybridized carbons (Fsp3) is 0.962. The number of Topliss-reactive ketones (excluding diaryl/α,β-unsaturated/α-hetero) is 1.